The number of halogens is 1. The number of hydrogen-bond donors (Lipinski definition) is 0. The molecule has 2 atom stereocenters. The quantitative estimate of drug-likeness (QED) is 0.494. The van der Waals surface area contributed by atoms with Gasteiger partial charge in [-0.3, -0.25) is 9.59 Å². The molecule has 0 N–H and O–H groups in total. The van der Waals surface area contributed by atoms with Gasteiger partial charge in [0.2, 0.25) is 11.8 Å². The second kappa shape index (κ2) is 2.60. The van der Waals surface area contributed by atoms with Crippen LogP contribution in [0.4, 0.5) is 0 Å². The molecule has 2 amide bonds. The highest BCUT2D eigenvalue weighted by Gasteiger charge is 2.64. The van der Waals surface area contributed by atoms with Crippen molar-refractivity contribution in [1.29, 1.82) is 0 Å². The minimum atomic E-state index is -0.380. The molecular weight excluding hydrogens is 246 g/mol. The van der Waals surface area contributed by atoms with Crippen molar-refractivity contribution in [2.24, 2.45) is 16.7 Å². The first kappa shape index (κ1) is 10.1. The molecule has 0 radical (unpaired) electrons. The van der Waals surface area contributed by atoms with Crippen molar-refractivity contribution in [3.63, 3.8) is 0 Å². The van der Waals surface area contributed by atoms with Crippen LogP contribution < -0.4 is 0 Å². The standard InChI is InChI=1S/C10H14BrNO2/c1-9(2)6-4-5-10(9,3)8(14)12(11)7(6)13/h6H,4-5H2,1-3H3. The fourth-order valence-electron chi connectivity index (χ4n) is 2.77. The van der Waals surface area contributed by atoms with Gasteiger partial charge in [-0.2, -0.15) is 0 Å². The lowest BCUT2D eigenvalue weighted by Crippen LogP contribution is -2.55. The molecule has 0 spiro atoms. The van der Waals surface area contributed by atoms with Crippen LogP contribution in [-0.2, 0) is 9.59 Å². The summed E-state index contributed by atoms with van der Waals surface area (Å²) in [4.78, 5) is 23.8. The first-order valence-corrected chi connectivity index (χ1v) is 5.57. The van der Waals surface area contributed by atoms with Crippen molar-refractivity contribution in [2.75, 3.05) is 0 Å². The number of rotatable bonds is 0. The van der Waals surface area contributed by atoms with Gasteiger partial charge in [-0.25, -0.2) is 3.93 Å². The van der Waals surface area contributed by atoms with Gasteiger partial charge in [0.25, 0.3) is 0 Å². The third-order valence-electron chi connectivity index (χ3n) is 4.37. The molecule has 0 aromatic heterocycles. The second-order valence-electron chi connectivity index (χ2n) is 5.07. The van der Waals surface area contributed by atoms with Crippen molar-refractivity contribution in [3.8, 4) is 0 Å². The van der Waals surface area contributed by atoms with Crippen LogP contribution in [0.25, 0.3) is 0 Å². The summed E-state index contributed by atoms with van der Waals surface area (Å²) < 4.78 is 1.13. The molecule has 2 rings (SSSR count). The van der Waals surface area contributed by atoms with E-state index in [9.17, 15) is 9.59 Å². The molecule has 1 aliphatic carbocycles. The summed E-state index contributed by atoms with van der Waals surface area (Å²) >= 11 is 3.06. The Morgan fingerprint density at radius 3 is 2.50 bits per heavy atom. The zero-order valence-electron chi connectivity index (χ0n) is 8.63. The number of carbonyl (C=O) groups excluding carboxylic acids is 2. The van der Waals surface area contributed by atoms with E-state index < -0.39 is 0 Å². The van der Waals surface area contributed by atoms with Gasteiger partial charge in [-0.05, 0) is 18.3 Å². The molecule has 2 aliphatic rings. The normalized spacial score (nSPS) is 40.6. The topological polar surface area (TPSA) is 37.4 Å². The largest absolute Gasteiger partial charge is 0.273 e. The van der Waals surface area contributed by atoms with Crippen molar-refractivity contribution in [1.82, 2.24) is 3.93 Å². The van der Waals surface area contributed by atoms with Crippen molar-refractivity contribution < 1.29 is 9.59 Å². The molecule has 2 unspecified atom stereocenters. The van der Waals surface area contributed by atoms with E-state index in [1.807, 2.05) is 20.8 Å². The van der Waals surface area contributed by atoms with E-state index in [2.05, 4.69) is 16.1 Å². The fraction of sp³-hybridized carbons (Fsp3) is 0.800. The molecule has 1 saturated carbocycles. The summed E-state index contributed by atoms with van der Waals surface area (Å²) in [6.07, 6.45) is 1.65. The lowest BCUT2D eigenvalue weighted by molar-refractivity contribution is -0.159. The average molecular weight is 260 g/mol. The van der Waals surface area contributed by atoms with Crippen LogP contribution in [-0.4, -0.2) is 15.7 Å². The van der Waals surface area contributed by atoms with Crippen LogP contribution in [0, 0.1) is 16.7 Å². The molecule has 0 aromatic carbocycles. The molecule has 14 heavy (non-hydrogen) atoms. The fourth-order valence-corrected chi connectivity index (χ4v) is 3.41. The molecule has 1 aliphatic heterocycles. The number of nitrogens with zero attached hydrogens (tertiary/aromatic N) is 1. The molecule has 1 saturated heterocycles. The molecule has 2 fully saturated rings. The number of piperidine rings is 1. The van der Waals surface area contributed by atoms with Gasteiger partial charge in [0, 0.05) is 5.92 Å². The summed E-state index contributed by atoms with van der Waals surface area (Å²) in [7, 11) is 0. The zero-order valence-corrected chi connectivity index (χ0v) is 10.2. The Hall–Kier alpha value is -0.380. The Bertz CT molecular complexity index is 326. The summed E-state index contributed by atoms with van der Waals surface area (Å²) in [6.45, 7) is 6.02. The highest BCUT2D eigenvalue weighted by Crippen LogP contribution is 2.60. The Labute approximate surface area is 92.2 Å². The molecule has 78 valence electrons. The molecule has 0 aromatic rings. The van der Waals surface area contributed by atoms with Gasteiger partial charge in [-0.15, -0.1) is 0 Å². The maximum Gasteiger partial charge on any atom is 0.245 e. The van der Waals surface area contributed by atoms with Gasteiger partial charge >= 0.3 is 0 Å². The van der Waals surface area contributed by atoms with E-state index in [4.69, 9.17) is 0 Å². The summed E-state index contributed by atoms with van der Waals surface area (Å²) in [5.74, 6) is -0.166. The number of fused-ring (bicyclic) bond motifs is 2. The lowest BCUT2D eigenvalue weighted by atomic mass is 9.63. The van der Waals surface area contributed by atoms with E-state index in [-0.39, 0.29) is 28.6 Å². The predicted molar refractivity (Wildman–Crippen MR) is 55.4 cm³/mol. The Kier molecular flexibility index (Phi) is 1.88. The van der Waals surface area contributed by atoms with Gasteiger partial charge < -0.3 is 0 Å². The summed E-state index contributed by atoms with van der Waals surface area (Å²) in [5, 5.41) is 0. The monoisotopic (exact) mass is 259 g/mol. The average Bonchev–Trinajstić information content (AvgIpc) is 2.30. The summed E-state index contributed by atoms with van der Waals surface area (Å²) in [6, 6.07) is 0. The van der Waals surface area contributed by atoms with Crippen molar-refractivity contribution in [2.45, 2.75) is 33.6 Å². The smallest absolute Gasteiger partial charge is 0.245 e. The summed E-state index contributed by atoms with van der Waals surface area (Å²) in [5.41, 5.74) is -0.583. The van der Waals surface area contributed by atoms with Crippen LogP contribution >= 0.6 is 16.1 Å². The molecule has 3 nitrogen and oxygen atoms in total. The molecule has 2 bridgehead atoms. The minimum absolute atomic E-state index is 0.00965. The molecular formula is C10H14BrNO2. The Morgan fingerprint density at radius 1 is 1.36 bits per heavy atom. The highest BCUT2D eigenvalue weighted by molar-refractivity contribution is 9.08. The Balaban J connectivity index is 2.55. The Morgan fingerprint density at radius 2 is 1.93 bits per heavy atom. The lowest BCUT2D eigenvalue weighted by Gasteiger charge is -2.45. The van der Waals surface area contributed by atoms with E-state index >= 15 is 0 Å². The minimum Gasteiger partial charge on any atom is -0.273 e. The van der Waals surface area contributed by atoms with Crippen molar-refractivity contribution in [3.05, 3.63) is 0 Å². The number of imide groups is 1. The van der Waals surface area contributed by atoms with E-state index in [0.717, 1.165) is 16.8 Å². The van der Waals surface area contributed by atoms with E-state index in [1.165, 1.54) is 0 Å². The first-order valence-electron chi connectivity index (χ1n) is 4.86. The van der Waals surface area contributed by atoms with Crippen LogP contribution in [0.3, 0.4) is 0 Å². The van der Waals surface area contributed by atoms with Gasteiger partial charge in [-0.1, -0.05) is 20.8 Å². The molecule has 4 heteroatoms. The van der Waals surface area contributed by atoms with Gasteiger partial charge in [0.05, 0.1) is 21.6 Å². The van der Waals surface area contributed by atoms with Crippen molar-refractivity contribution >= 4 is 28.0 Å². The van der Waals surface area contributed by atoms with E-state index in [0.29, 0.717) is 0 Å². The number of hydrogen-bond acceptors (Lipinski definition) is 2. The maximum absolute atomic E-state index is 12.0. The number of amides is 2. The van der Waals surface area contributed by atoms with E-state index in [1.54, 1.807) is 0 Å². The third kappa shape index (κ3) is 0.879. The second-order valence-corrected chi connectivity index (χ2v) is 5.78. The van der Waals surface area contributed by atoms with Crippen LogP contribution in [0.2, 0.25) is 0 Å². The third-order valence-corrected chi connectivity index (χ3v) is 5.04. The van der Waals surface area contributed by atoms with Gasteiger partial charge in [0.1, 0.15) is 0 Å². The first-order chi connectivity index (χ1) is 6.32. The maximum atomic E-state index is 12.0. The van der Waals surface area contributed by atoms with Crippen LogP contribution in [0.15, 0.2) is 0 Å². The number of carbonyl (C=O) groups is 2. The van der Waals surface area contributed by atoms with Crippen LogP contribution in [0.1, 0.15) is 33.6 Å². The van der Waals surface area contributed by atoms with Gasteiger partial charge in [0.15, 0.2) is 0 Å². The predicted octanol–water partition coefficient (Wildman–Crippen LogP) is 2.11. The van der Waals surface area contributed by atoms with Crippen LogP contribution in [0.5, 0.6) is 0 Å². The highest BCUT2D eigenvalue weighted by atomic mass is 79.9. The zero-order chi connectivity index (χ0) is 10.7. The molecule has 1 heterocycles. The SMILES string of the molecule is CC12CCC(C(=O)N(Br)C1=O)C2(C)C.